The minimum atomic E-state index is -0.326. The van der Waals surface area contributed by atoms with Crippen LogP contribution in [-0.2, 0) is 6.61 Å². The zero-order chi connectivity index (χ0) is 18.5. The van der Waals surface area contributed by atoms with E-state index in [9.17, 15) is 9.18 Å². The molecule has 4 nitrogen and oxygen atoms in total. The number of aromatic nitrogens is 1. The first-order valence-electron chi connectivity index (χ1n) is 8.21. The molecule has 1 heterocycles. The zero-order valence-corrected chi connectivity index (χ0v) is 15.3. The molecule has 1 amide bonds. The molecule has 1 aromatic heterocycles. The van der Waals surface area contributed by atoms with Gasteiger partial charge in [0.2, 0.25) is 0 Å². The van der Waals surface area contributed by atoms with E-state index < -0.39 is 0 Å². The first-order chi connectivity index (χ1) is 12.5. The number of hydrogen-bond acceptors (Lipinski definition) is 4. The van der Waals surface area contributed by atoms with Gasteiger partial charge in [-0.3, -0.25) is 4.79 Å². The van der Waals surface area contributed by atoms with Gasteiger partial charge in [-0.1, -0.05) is 29.8 Å². The molecule has 26 heavy (non-hydrogen) atoms. The van der Waals surface area contributed by atoms with Crippen molar-refractivity contribution in [2.45, 2.75) is 26.5 Å². The van der Waals surface area contributed by atoms with Gasteiger partial charge in [-0.15, -0.1) is 11.3 Å². The Morgan fingerprint density at radius 2 is 2.04 bits per heavy atom. The van der Waals surface area contributed by atoms with E-state index in [1.54, 1.807) is 24.4 Å². The van der Waals surface area contributed by atoms with E-state index in [1.807, 2.05) is 31.2 Å². The lowest BCUT2D eigenvalue weighted by Gasteiger charge is -2.13. The third-order valence-corrected chi connectivity index (χ3v) is 4.69. The van der Waals surface area contributed by atoms with Crippen molar-refractivity contribution < 1.29 is 13.9 Å². The highest BCUT2D eigenvalue weighted by molar-refractivity contribution is 7.09. The molecule has 2 aromatic carbocycles. The number of carbonyl (C=O) groups excluding carboxylic acids is 1. The van der Waals surface area contributed by atoms with Crippen LogP contribution in [0.1, 0.15) is 39.6 Å². The Morgan fingerprint density at radius 3 is 2.77 bits per heavy atom. The highest BCUT2D eigenvalue weighted by atomic mass is 32.1. The van der Waals surface area contributed by atoms with E-state index in [2.05, 4.69) is 10.3 Å². The van der Waals surface area contributed by atoms with E-state index in [0.717, 1.165) is 11.3 Å². The second kappa shape index (κ2) is 8.10. The first-order valence-corrected chi connectivity index (χ1v) is 9.09. The van der Waals surface area contributed by atoms with Gasteiger partial charge in [0.15, 0.2) is 0 Å². The summed E-state index contributed by atoms with van der Waals surface area (Å²) in [4.78, 5) is 16.7. The maximum absolute atomic E-state index is 13.3. The number of hydrogen-bond donors (Lipinski definition) is 1. The minimum Gasteiger partial charge on any atom is -0.486 e. The molecular formula is C20H19FN2O2S. The highest BCUT2D eigenvalue weighted by Crippen LogP contribution is 2.18. The van der Waals surface area contributed by atoms with Crippen molar-refractivity contribution in [2.24, 2.45) is 0 Å². The Balaban J connectivity index is 1.58. The van der Waals surface area contributed by atoms with Crippen molar-refractivity contribution >= 4 is 17.2 Å². The summed E-state index contributed by atoms with van der Waals surface area (Å²) in [5, 5.41) is 5.24. The van der Waals surface area contributed by atoms with Gasteiger partial charge in [-0.05, 0) is 43.7 Å². The number of benzene rings is 2. The average Bonchev–Trinajstić information content (AvgIpc) is 3.10. The maximum atomic E-state index is 13.3. The first kappa shape index (κ1) is 18.1. The summed E-state index contributed by atoms with van der Waals surface area (Å²) in [5.74, 6) is 0.143. The number of ether oxygens (including phenoxy) is 1. The quantitative estimate of drug-likeness (QED) is 0.686. The van der Waals surface area contributed by atoms with Crippen LogP contribution in [0.4, 0.5) is 4.39 Å². The van der Waals surface area contributed by atoms with Crippen molar-refractivity contribution in [1.82, 2.24) is 10.3 Å². The monoisotopic (exact) mass is 370 g/mol. The standard InChI is InChI=1S/C20H19FN2O2S/c1-13-6-8-17(9-7-13)25-11-19-23-18(12-26-19)20(24)22-14(2)15-4-3-5-16(21)10-15/h3-10,12,14H,11H2,1-2H3,(H,22,24). The zero-order valence-electron chi connectivity index (χ0n) is 14.5. The summed E-state index contributed by atoms with van der Waals surface area (Å²) in [6, 6.07) is 13.6. The van der Waals surface area contributed by atoms with Crippen LogP contribution in [0.15, 0.2) is 53.9 Å². The molecule has 134 valence electrons. The Kier molecular flexibility index (Phi) is 5.63. The number of amides is 1. The van der Waals surface area contributed by atoms with Crippen molar-refractivity contribution in [1.29, 1.82) is 0 Å². The SMILES string of the molecule is Cc1ccc(OCc2nc(C(=O)NC(C)c3cccc(F)c3)cs2)cc1. The molecule has 0 saturated heterocycles. The van der Waals surface area contributed by atoms with E-state index >= 15 is 0 Å². The van der Waals surface area contributed by atoms with Crippen molar-refractivity contribution in [2.75, 3.05) is 0 Å². The van der Waals surface area contributed by atoms with Crippen LogP contribution in [0.25, 0.3) is 0 Å². The van der Waals surface area contributed by atoms with Crippen LogP contribution in [0.2, 0.25) is 0 Å². The second-order valence-electron chi connectivity index (χ2n) is 5.98. The lowest BCUT2D eigenvalue weighted by Crippen LogP contribution is -2.27. The van der Waals surface area contributed by atoms with Crippen LogP contribution >= 0.6 is 11.3 Å². The number of aryl methyl sites for hydroxylation is 1. The highest BCUT2D eigenvalue weighted by Gasteiger charge is 2.15. The molecule has 0 saturated carbocycles. The Hall–Kier alpha value is -2.73. The number of nitrogens with zero attached hydrogens (tertiary/aromatic N) is 1. The predicted octanol–water partition coefficient (Wildman–Crippen LogP) is 4.66. The van der Waals surface area contributed by atoms with E-state index in [1.165, 1.54) is 23.5 Å². The van der Waals surface area contributed by atoms with Crippen LogP contribution in [0.3, 0.4) is 0 Å². The van der Waals surface area contributed by atoms with Gasteiger partial charge in [0.05, 0.1) is 6.04 Å². The largest absolute Gasteiger partial charge is 0.486 e. The number of carbonyl (C=O) groups is 1. The van der Waals surface area contributed by atoms with Gasteiger partial charge in [-0.25, -0.2) is 9.37 Å². The van der Waals surface area contributed by atoms with Crippen molar-refractivity contribution in [3.8, 4) is 5.75 Å². The Labute approximate surface area is 155 Å². The summed E-state index contributed by atoms with van der Waals surface area (Å²) in [7, 11) is 0. The van der Waals surface area contributed by atoms with E-state index in [4.69, 9.17) is 4.74 Å². The smallest absolute Gasteiger partial charge is 0.271 e. The molecule has 3 rings (SSSR count). The Morgan fingerprint density at radius 1 is 1.27 bits per heavy atom. The van der Waals surface area contributed by atoms with Crippen molar-refractivity contribution in [3.63, 3.8) is 0 Å². The summed E-state index contributed by atoms with van der Waals surface area (Å²) in [5.41, 5.74) is 2.20. The summed E-state index contributed by atoms with van der Waals surface area (Å²) >= 11 is 1.37. The number of thiazole rings is 1. The van der Waals surface area contributed by atoms with Gasteiger partial charge >= 0.3 is 0 Å². The Bertz CT molecular complexity index is 893. The molecular weight excluding hydrogens is 351 g/mol. The van der Waals surface area contributed by atoms with Crippen molar-refractivity contribution in [3.05, 3.63) is 81.6 Å². The maximum Gasteiger partial charge on any atom is 0.271 e. The molecule has 1 unspecified atom stereocenters. The average molecular weight is 370 g/mol. The third-order valence-electron chi connectivity index (χ3n) is 3.86. The van der Waals surface area contributed by atoms with Gasteiger partial charge in [0.25, 0.3) is 5.91 Å². The number of rotatable bonds is 6. The lowest BCUT2D eigenvalue weighted by molar-refractivity contribution is 0.0935. The normalized spacial score (nSPS) is 11.8. The minimum absolute atomic E-state index is 0.292. The summed E-state index contributed by atoms with van der Waals surface area (Å²) < 4.78 is 19.0. The fourth-order valence-corrected chi connectivity index (χ4v) is 3.08. The molecule has 0 fully saturated rings. The fourth-order valence-electron chi connectivity index (χ4n) is 2.39. The molecule has 0 bridgehead atoms. The van der Waals surface area contributed by atoms with Gasteiger partial charge in [0, 0.05) is 5.38 Å². The third kappa shape index (κ3) is 4.67. The molecule has 0 aliphatic carbocycles. The molecule has 6 heteroatoms. The summed E-state index contributed by atoms with van der Waals surface area (Å²) in [6.45, 7) is 4.13. The fraction of sp³-hybridized carbons (Fsp3) is 0.200. The molecule has 3 aromatic rings. The number of nitrogens with one attached hydrogen (secondary N) is 1. The molecule has 0 aliphatic heterocycles. The molecule has 1 atom stereocenters. The molecule has 0 radical (unpaired) electrons. The van der Waals surface area contributed by atoms with E-state index in [0.29, 0.717) is 22.9 Å². The lowest BCUT2D eigenvalue weighted by atomic mass is 10.1. The van der Waals surface area contributed by atoms with Gasteiger partial charge < -0.3 is 10.1 Å². The number of halogens is 1. The van der Waals surface area contributed by atoms with Gasteiger partial charge in [-0.2, -0.15) is 0 Å². The second-order valence-corrected chi connectivity index (χ2v) is 6.92. The van der Waals surface area contributed by atoms with Crippen LogP contribution in [-0.4, -0.2) is 10.9 Å². The van der Waals surface area contributed by atoms with Crippen LogP contribution in [0, 0.1) is 12.7 Å². The van der Waals surface area contributed by atoms with Crippen LogP contribution < -0.4 is 10.1 Å². The topological polar surface area (TPSA) is 51.2 Å². The predicted molar refractivity (Wildman–Crippen MR) is 99.9 cm³/mol. The molecule has 0 aliphatic rings. The van der Waals surface area contributed by atoms with Gasteiger partial charge in [0.1, 0.15) is 28.9 Å². The molecule has 1 N–H and O–H groups in total. The molecule has 0 spiro atoms. The van der Waals surface area contributed by atoms with Crippen LogP contribution in [0.5, 0.6) is 5.75 Å². The van der Waals surface area contributed by atoms with E-state index in [-0.39, 0.29) is 17.8 Å². The summed E-state index contributed by atoms with van der Waals surface area (Å²) in [6.07, 6.45) is 0.